The van der Waals surface area contributed by atoms with Gasteiger partial charge >= 0.3 is 0 Å². The Balaban J connectivity index is 1.74. The molecular weight excluding hydrogens is 340 g/mol. The first-order chi connectivity index (χ1) is 12.3. The fourth-order valence-electron chi connectivity index (χ4n) is 2.73. The number of anilines is 1. The van der Waals surface area contributed by atoms with Crippen LogP contribution in [0.1, 0.15) is 19.4 Å². The second-order valence-corrected chi connectivity index (χ2v) is 6.39. The maximum absolute atomic E-state index is 13.2. The van der Waals surface area contributed by atoms with Gasteiger partial charge in [-0.05, 0) is 26.0 Å². The average molecular weight is 357 g/mol. The number of halogens is 2. The number of rotatable bonds is 4. The lowest BCUT2D eigenvalue weighted by Crippen LogP contribution is -2.46. The Morgan fingerprint density at radius 1 is 1.12 bits per heavy atom. The summed E-state index contributed by atoms with van der Waals surface area (Å²) in [6, 6.07) is 12.0. The third kappa shape index (κ3) is 3.46. The lowest BCUT2D eigenvalue weighted by Gasteiger charge is -2.28. The molecule has 2 amide bonds. The van der Waals surface area contributed by atoms with Crippen LogP contribution in [-0.2, 0) is 9.59 Å². The van der Waals surface area contributed by atoms with E-state index in [2.05, 4.69) is 10.3 Å². The van der Waals surface area contributed by atoms with E-state index in [-0.39, 0.29) is 23.9 Å². The molecule has 3 rings (SSSR count). The molecular formula is C19H17F2N3O2. The molecule has 2 aromatic carbocycles. The molecule has 5 nitrogen and oxygen atoms in total. The standard InChI is InChI=1S/C19H17F2N3O2/c1-19(2)23-17(12-6-4-3-5-7-12)18(26)24(19)11-16(25)22-13-8-9-14(20)15(21)10-13/h3-10H,11H2,1-2H3,(H,22,25). The minimum absolute atomic E-state index is 0.113. The Labute approximate surface area is 149 Å². The summed E-state index contributed by atoms with van der Waals surface area (Å²) in [6.07, 6.45) is 0. The zero-order valence-electron chi connectivity index (χ0n) is 14.3. The molecule has 0 atom stereocenters. The lowest BCUT2D eigenvalue weighted by molar-refractivity contribution is -0.131. The number of carbonyl (C=O) groups excluding carboxylic acids is 2. The van der Waals surface area contributed by atoms with Crippen LogP contribution in [0.2, 0.25) is 0 Å². The van der Waals surface area contributed by atoms with Crippen molar-refractivity contribution in [2.45, 2.75) is 19.5 Å². The first-order valence-electron chi connectivity index (χ1n) is 8.00. The molecule has 134 valence electrons. The molecule has 2 aromatic rings. The zero-order chi connectivity index (χ0) is 18.9. The van der Waals surface area contributed by atoms with E-state index >= 15 is 0 Å². The SMILES string of the molecule is CC1(C)N=C(c2ccccc2)C(=O)N1CC(=O)Nc1ccc(F)c(F)c1. The monoisotopic (exact) mass is 357 g/mol. The van der Waals surface area contributed by atoms with Crippen LogP contribution in [-0.4, -0.2) is 34.6 Å². The predicted molar refractivity (Wildman–Crippen MR) is 93.8 cm³/mol. The maximum atomic E-state index is 13.2. The Kier molecular flexibility index (Phi) is 4.54. The quantitative estimate of drug-likeness (QED) is 0.914. The molecule has 0 radical (unpaired) electrons. The smallest absolute Gasteiger partial charge is 0.275 e. The Morgan fingerprint density at radius 3 is 2.46 bits per heavy atom. The Morgan fingerprint density at radius 2 is 1.81 bits per heavy atom. The number of hydrogen-bond acceptors (Lipinski definition) is 3. The van der Waals surface area contributed by atoms with E-state index < -0.39 is 23.2 Å². The van der Waals surface area contributed by atoms with E-state index in [0.717, 1.165) is 12.1 Å². The van der Waals surface area contributed by atoms with E-state index in [9.17, 15) is 18.4 Å². The van der Waals surface area contributed by atoms with Gasteiger partial charge in [0.1, 0.15) is 17.9 Å². The molecule has 0 aliphatic carbocycles. The molecule has 0 spiro atoms. The van der Waals surface area contributed by atoms with Gasteiger partial charge < -0.3 is 10.2 Å². The van der Waals surface area contributed by atoms with Crippen LogP contribution in [0.25, 0.3) is 0 Å². The van der Waals surface area contributed by atoms with E-state index in [4.69, 9.17) is 0 Å². The number of amides is 2. The Bertz CT molecular complexity index is 895. The van der Waals surface area contributed by atoms with Crippen LogP contribution in [0.5, 0.6) is 0 Å². The van der Waals surface area contributed by atoms with E-state index in [0.29, 0.717) is 5.56 Å². The summed E-state index contributed by atoms with van der Waals surface area (Å²) in [6.45, 7) is 3.20. The summed E-state index contributed by atoms with van der Waals surface area (Å²) in [5.74, 6) is -2.95. The molecule has 1 aliphatic heterocycles. The van der Waals surface area contributed by atoms with E-state index in [1.807, 2.05) is 6.07 Å². The zero-order valence-corrected chi connectivity index (χ0v) is 14.3. The number of aliphatic imine (C=N–C) groups is 1. The molecule has 0 unspecified atom stereocenters. The van der Waals surface area contributed by atoms with Crippen molar-refractivity contribution in [1.82, 2.24) is 4.90 Å². The first-order valence-corrected chi connectivity index (χ1v) is 8.00. The minimum Gasteiger partial charge on any atom is -0.324 e. The molecule has 0 saturated carbocycles. The van der Waals surface area contributed by atoms with Crippen LogP contribution in [0.3, 0.4) is 0 Å². The highest BCUT2D eigenvalue weighted by atomic mass is 19.2. The number of carbonyl (C=O) groups is 2. The van der Waals surface area contributed by atoms with Gasteiger partial charge in [0.05, 0.1) is 0 Å². The highest BCUT2D eigenvalue weighted by molar-refractivity contribution is 6.47. The summed E-state index contributed by atoms with van der Waals surface area (Å²) in [5.41, 5.74) is 0.182. The van der Waals surface area contributed by atoms with Gasteiger partial charge in [-0.15, -0.1) is 0 Å². The maximum Gasteiger partial charge on any atom is 0.275 e. The highest BCUT2D eigenvalue weighted by Gasteiger charge is 2.41. The second-order valence-electron chi connectivity index (χ2n) is 6.39. The van der Waals surface area contributed by atoms with Crippen LogP contribution in [0.15, 0.2) is 53.5 Å². The molecule has 26 heavy (non-hydrogen) atoms. The van der Waals surface area contributed by atoms with Gasteiger partial charge in [0.25, 0.3) is 5.91 Å². The highest BCUT2D eigenvalue weighted by Crippen LogP contribution is 2.26. The fourth-order valence-corrected chi connectivity index (χ4v) is 2.73. The lowest BCUT2D eigenvalue weighted by atomic mass is 10.1. The van der Waals surface area contributed by atoms with Gasteiger partial charge in [0.2, 0.25) is 5.91 Å². The van der Waals surface area contributed by atoms with Crippen molar-refractivity contribution in [3.05, 3.63) is 65.7 Å². The average Bonchev–Trinajstić information content (AvgIpc) is 2.82. The van der Waals surface area contributed by atoms with Crippen LogP contribution < -0.4 is 5.32 Å². The molecule has 0 saturated heterocycles. The van der Waals surface area contributed by atoms with E-state index in [1.54, 1.807) is 38.1 Å². The first kappa shape index (κ1) is 17.7. The van der Waals surface area contributed by atoms with Gasteiger partial charge in [0.15, 0.2) is 11.6 Å². The van der Waals surface area contributed by atoms with Crippen LogP contribution >= 0.6 is 0 Å². The van der Waals surface area contributed by atoms with Crippen LogP contribution in [0, 0.1) is 11.6 Å². The summed E-state index contributed by atoms with van der Waals surface area (Å²) in [7, 11) is 0. The van der Waals surface area contributed by atoms with Gasteiger partial charge in [-0.1, -0.05) is 30.3 Å². The second kappa shape index (κ2) is 6.67. The minimum atomic E-state index is -1.06. The van der Waals surface area contributed by atoms with Crippen molar-refractivity contribution < 1.29 is 18.4 Å². The van der Waals surface area contributed by atoms with Crippen molar-refractivity contribution in [1.29, 1.82) is 0 Å². The van der Waals surface area contributed by atoms with Crippen LogP contribution in [0.4, 0.5) is 14.5 Å². The van der Waals surface area contributed by atoms with Gasteiger partial charge in [-0.25, -0.2) is 8.78 Å². The molecule has 0 aromatic heterocycles. The van der Waals surface area contributed by atoms with E-state index in [1.165, 1.54) is 11.0 Å². The number of hydrogen-bond donors (Lipinski definition) is 1. The normalized spacial score (nSPS) is 15.8. The predicted octanol–water partition coefficient (Wildman–Crippen LogP) is 2.97. The summed E-state index contributed by atoms with van der Waals surface area (Å²) < 4.78 is 26.2. The third-order valence-electron chi connectivity index (χ3n) is 4.05. The van der Waals surface area contributed by atoms with Crippen molar-refractivity contribution in [2.75, 3.05) is 11.9 Å². The molecule has 0 fully saturated rings. The van der Waals surface area contributed by atoms with Gasteiger partial charge in [0, 0.05) is 17.3 Å². The topological polar surface area (TPSA) is 61.8 Å². The molecule has 0 bridgehead atoms. The molecule has 1 heterocycles. The number of benzene rings is 2. The summed E-state index contributed by atoms with van der Waals surface area (Å²) in [4.78, 5) is 30.8. The number of nitrogens with zero attached hydrogens (tertiary/aromatic N) is 2. The summed E-state index contributed by atoms with van der Waals surface area (Å²) in [5, 5.41) is 2.46. The Hall–Kier alpha value is -3.09. The molecule has 7 heteroatoms. The number of nitrogens with one attached hydrogen (secondary N) is 1. The largest absolute Gasteiger partial charge is 0.324 e. The summed E-state index contributed by atoms with van der Waals surface area (Å²) >= 11 is 0. The fraction of sp³-hybridized carbons (Fsp3) is 0.211. The van der Waals surface area contributed by atoms with Crippen molar-refractivity contribution in [3.63, 3.8) is 0 Å². The molecule has 1 N–H and O–H groups in total. The van der Waals surface area contributed by atoms with Crippen molar-refractivity contribution >= 4 is 23.2 Å². The van der Waals surface area contributed by atoms with Crippen molar-refractivity contribution in [2.24, 2.45) is 4.99 Å². The van der Waals surface area contributed by atoms with Crippen molar-refractivity contribution in [3.8, 4) is 0 Å². The van der Waals surface area contributed by atoms with Gasteiger partial charge in [-0.2, -0.15) is 0 Å². The molecule has 1 aliphatic rings. The third-order valence-corrected chi connectivity index (χ3v) is 4.05. The van der Waals surface area contributed by atoms with Gasteiger partial charge in [-0.3, -0.25) is 14.6 Å².